The number of primary amides is 1. The van der Waals surface area contributed by atoms with E-state index >= 15 is 0 Å². The lowest BCUT2D eigenvalue weighted by Crippen LogP contribution is -2.13. The predicted octanol–water partition coefficient (Wildman–Crippen LogP) is 2.50. The number of carbonyl (C=O) groups excluding carboxylic acids is 1. The van der Waals surface area contributed by atoms with E-state index in [2.05, 4.69) is 47.3 Å². The molecule has 7 nitrogen and oxygen atoms in total. The monoisotopic (exact) mass is 418 g/mol. The third-order valence-corrected chi connectivity index (χ3v) is 4.79. The average molecular weight is 420 g/mol. The van der Waals surface area contributed by atoms with Crippen LogP contribution in [-0.2, 0) is 0 Å². The van der Waals surface area contributed by atoms with Gasteiger partial charge in [0, 0.05) is 10.0 Å². The van der Waals surface area contributed by atoms with Gasteiger partial charge in [-0.2, -0.15) is 15.4 Å². The molecule has 112 valence electrons. The minimum atomic E-state index is -0.672. The van der Waals surface area contributed by atoms with Crippen LogP contribution in [0.5, 0.6) is 11.5 Å². The fraction of sp³-hybridized carbons (Fsp3) is 0.250. The molecule has 1 heterocycles. The molecule has 0 saturated heterocycles. The Labute approximate surface area is 137 Å². The molecule has 0 aliphatic heterocycles. The number of methoxy groups -OCH3 is 1. The zero-order valence-corrected chi connectivity index (χ0v) is 14.4. The van der Waals surface area contributed by atoms with Crippen LogP contribution < -0.4 is 15.2 Å². The summed E-state index contributed by atoms with van der Waals surface area (Å²) in [7, 11) is 1.53. The lowest BCUT2D eigenvalue weighted by atomic mass is 10.1. The quantitative estimate of drug-likeness (QED) is 0.774. The van der Waals surface area contributed by atoms with E-state index in [4.69, 9.17) is 15.2 Å². The molecule has 0 unspecified atom stereocenters. The maximum absolute atomic E-state index is 11.4. The topological polar surface area (TPSA) is 103 Å². The van der Waals surface area contributed by atoms with Gasteiger partial charge in [0.05, 0.1) is 18.2 Å². The van der Waals surface area contributed by atoms with Crippen LogP contribution in [0, 0.1) is 0 Å². The van der Waals surface area contributed by atoms with Gasteiger partial charge in [-0.1, -0.05) is 0 Å². The van der Waals surface area contributed by atoms with Gasteiger partial charge in [0.25, 0.3) is 5.91 Å². The SMILES string of the molecule is CCOc1c(OC)cc(-c2n[nH]nc2C(N)=O)c(Br)c1Br. The number of carbonyl (C=O) groups is 1. The number of H-pyrrole nitrogens is 1. The molecule has 0 saturated carbocycles. The molecule has 3 N–H and O–H groups in total. The van der Waals surface area contributed by atoms with Crippen LogP contribution in [0.4, 0.5) is 0 Å². The number of nitrogens with one attached hydrogen (secondary N) is 1. The van der Waals surface area contributed by atoms with Gasteiger partial charge in [-0.05, 0) is 44.8 Å². The standard InChI is InChI=1S/C12H12Br2N4O3/c1-3-21-11-6(20-2)4-5(7(13)8(11)14)9-10(12(15)19)17-18-16-9/h4H,3H2,1-2H3,(H2,15,19)(H,16,17,18). The Morgan fingerprint density at radius 1 is 1.38 bits per heavy atom. The molecule has 1 aromatic heterocycles. The van der Waals surface area contributed by atoms with Crippen molar-refractivity contribution in [1.82, 2.24) is 15.4 Å². The number of amides is 1. The van der Waals surface area contributed by atoms with E-state index in [1.54, 1.807) is 6.07 Å². The van der Waals surface area contributed by atoms with Crippen LogP contribution in [0.15, 0.2) is 15.0 Å². The number of benzene rings is 1. The van der Waals surface area contributed by atoms with Crippen LogP contribution in [-0.4, -0.2) is 35.0 Å². The summed E-state index contributed by atoms with van der Waals surface area (Å²) < 4.78 is 12.2. The molecule has 1 amide bonds. The Morgan fingerprint density at radius 3 is 2.67 bits per heavy atom. The number of hydrogen-bond donors (Lipinski definition) is 2. The molecule has 2 rings (SSSR count). The third kappa shape index (κ3) is 2.88. The molecular weight excluding hydrogens is 408 g/mol. The summed E-state index contributed by atoms with van der Waals surface area (Å²) in [6, 6.07) is 1.70. The zero-order valence-electron chi connectivity index (χ0n) is 11.2. The van der Waals surface area contributed by atoms with Gasteiger partial charge in [-0.25, -0.2) is 0 Å². The fourth-order valence-electron chi connectivity index (χ4n) is 1.78. The summed E-state index contributed by atoms with van der Waals surface area (Å²) in [4.78, 5) is 11.4. The highest BCUT2D eigenvalue weighted by Crippen LogP contribution is 2.46. The van der Waals surface area contributed by atoms with E-state index in [0.717, 1.165) is 0 Å². The van der Waals surface area contributed by atoms with Crippen molar-refractivity contribution in [2.75, 3.05) is 13.7 Å². The number of aromatic nitrogens is 3. The van der Waals surface area contributed by atoms with Crippen molar-refractivity contribution < 1.29 is 14.3 Å². The smallest absolute Gasteiger partial charge is 0.271 e. The van der Waals surface area contributed by atoms with Crippen molar-refractivity contribution in [3.63, 3.8) is 0 Å². The summed E-state index contributed by atoms with van der Waals surface area (Å²) in [6.07, 6.45) is 0. The highest BCUT2D eigenvalue weighted by Gasteiger charge is 2.23. The van der Waals surface area contributed by atoms with E-state index in [1.807, 2.05) is 6.92 Å². The Balaban J connectivity index is 2.67. The maximum atomic E-state index is 11.4. The number of ether oxygens (including phenoxy) is 2. The van der Waals surface area contributed by atoms with Crippen molar-refractivity contribution in [3.8, 4) is 22.8 Å². The zero-order chi connectivity index (χ0) is 15.6. The first-order valence-corrected chi connectivity index (χ1v) is 7.49. The molecular formula is C12H12Br2N4O3. The first kappa shape index (κ1) is 15.8. The summed E-state index contributed by atoms with van der Waals surface area (Å²) in [6.45, 7) is 2.35. The molecule has 2 aromatic rings. The molecule has 0 aliphatic carbocycles. The highest BCUT2D eigenvalue weighted by atomic mass is 79.9. The van der Waals surface area contributed by atoms with Crippen molar-refractivity contribution >= 4 is 37.8 Å². The van der Waals surface area contributed by atoms with Crippen molar-refractivity contribution in [2.24, 2.45) is 5.73 Å². The Bertz CT molecular complexity index is 687. The number of rotatable bonds is 5. The fourth-order valence-corrected chi connectivity index (χ4v) is 2.79. The lowest BCUT2D eigenvalue weighted by Gasteiger charge is -2.15. The minimum absolute atomic E-state index is 0.0498. The molecule has 0 aliphatic rings. The molecule has 0 fully saturated rings. The molecule has 0 bridgehead atoms. The molecule has 21 heavy (non-hydrogen) atoms. The van der Waals surface area contributed by atoms with Crippen LogP contribution >= 0.6 is 31.9 Å². The first-order valence-electron chi connectivity index (χ1n) is 5.90. The van der Waals surface area contributed by atoms with Gasteiger partial charge >= 0.3 is 0 Å². The number of halogens is 2. The Hall–Kier alpha value is -1.61. The Morgan fingerprint density at radius 2 is 2.10 bits per heavy atom. The van der Waals surface area contributed by atoms with Gasteiger partial charge in [-0.15, -0.1) is 0 Å². The van der Waals surface area contributed by atoms with Gasteiger partial charge in [-0.3, -0.25) is 4.79 Å². The van der Waals surface area contributed by atoms with Crippen LogP contribution in [0.3, 0.4) is 0 Å². The van der Waals surface area contributed by atoms with E-state index in [9.17, 15) is 4.79 Å². The number of aromatic amines is 1. The second-order valence-corrected chi connectivity index (χ2v) is 5.49. The maximum Gasteiger partial charge on any atom is 0.271 e. The van der Waals surface area contributed by atoms with Gasteiger partial charge < -0.3 is 15.2 Å². The summed E-state index contributed by atoms with van der Waals surface area (Å²) in [5.41, 5.74) is 6.27. The number of hydrogen-bond acceptors (Lipinski definition) is 5. The van der Waals surface area contributed by atoms with E-state index in [1.165, 1.54) is 7.11 Å². The average Bonchev–Trinajstić information content (AvgIpc) is 2.94. The lowest BCUT2D eigenvalue weighted by molar-refractivity contribution is 0.0996. The normalized spacial score (nSPS) is 10.5. The first-order chi connectivity index (χ1) is 10.0. The van der Waals surface area contributed by atoms with Crippen molar-refractivity contribution in [2.45, 2.75) is 6.92 Å². The second-order valence-electron chi connectivity index (χ2n) is 3.90. The molecule has 1 aromatic carbocycles. The van der Waals surface area contributed by atoms with Crippen LogP contribution in [0.1, 0.15) is 17.4 Å². The van der Waals surface area contributed by atoms with Crippen LogP contribution in [0.25, 0.3) is 11.3 Å². The van der Waals surface area contributed by atoms with Gasteiger partial charge in [0.15, 0.2) is 17.2 Å². The largest absolute Gasteiger partial charge is 0.493 e. The van der Waals surface area contributed by atoms with Gasteiger partial charge in [0.1, 0.15) is 5.69 Å². The second kappa shape index (κ2) is 6.44. The molecule has 0 spiro atoms. The number of nitrogens with two attached hydrogens (primary N) is 1. The predicted molar refractivity (Wildman–Crippen MR) is 83.5 cm³/mol. The summed E-state index contributed by atoms with van der Waals surface area (Å²) in [5.74, 6) is 0.384. The van der Waals surface area contributed by atoms with E-state index in [-0.39, 0.29) is 5.69 Å². The van der Waals surface area contributed by atoms with Gasteiger partial charge in [0.2, 0.25) is 0 Å². The highest BCUT2D eigenvalue weighted by molar-refractivity contribution is 9.13. The number of nitrogens with zero attached hydrogens (tertiary/aromatic N) is 2. The minimum Gasteiger partial charge on any atom is -0.493 e. The Kier molecular flexibility index (Phi) is 4.84. The summed E-state index contributed by atoms with van der Waals surface area (Å²) in [5, 5.41) is 10.1. The van der Waals surface area contributed by atoms with Crippen LogP contribution in [0.2, 0.25) is 0 Å². The van der Waals surface area contributed by atoms with Crippen molar-refractivity contribution in [1.29, 1.82) is 0 Å². The molecule has 9 heteroatoms. The summed E-state index contributed by atoms with van der Waals surface area (Å²) >= 11 is 6.90. The molecule has 0 radical (unpaired) electrons. The molecule has 0 atom stereocenters. The van der Waals surface area contributed by atoms with Crippen molar-refractivity contribution in [3.05, 3.63) is 20.7 Å². The van der Waals surface area contributed by atoms with E-state index < -0.39 is 5.91 Å². The third-order valence-electron chi connectivity index (χ3n) is 2.67. The van der Waals surface area contributed by atoms with E-state index in [0.29, 0.717) is 38.3 Å².